The van der Waals surface area contributed by atoms with Gasteiger partial charge in [-0.1, -0.05) is 6.07 Å². The topological polar surface area (TPSA) is 59.6 Å². The summed E-state index contributed by atoms with van der Waals surface area (Å²) in [6.45, 7) is 7.49. The number of ether oxygens (including phenoxy) is 2. The minimum absolute atomic E-state index is 0.0616. The summed E-state index contributed by atoms with van der Waals surface area (Å²) in [6.07, 6.45) is 0. The third kappa shape index (κ3) is 3.95. The van der Waals surface area contributed by atoms with Crippen LogP contribution in [0, 0.1) is 0 Å². The van der Waals surface area contributed by atoms with Gasteiger partial charge in [0.1, 0.15) is 0 Å². The minimum Gasteiger partial charge on any atom is -0.378 e. The fourth-order valence-electron chi connectivity index (χ4n) is 2.02. The van der Waals surface area contributed by atoms with Crippen LogP contribution in [0.5, 0.6) is 0 Å². The molecule has 1 aliphatic rings. The van der Waals surface area contributed by atoms with E-state index in [-0.39, 0.29) is 11.9 Å². The lowest BCUT2D eigenvalue weighted by Crippen LogP contribution is -2.45. The summed E-state index contributed by atoms with van der Waals surface area (Å²) in [7, 11) is 0. The Morgan fingerprint density at radius 2 is 2.05 bits per heavy atom. The molecule has 0 spiro atoms. The van der Waals surface area contributed by atoms with Gasteiger partial charge < -0.3 is 20.1 Å². The predicted octanol–water partition coefficient (Wildman–Crippen LogP) is 2.00. The second-order valence-corrected chi connectivity index (χ2v) is 5.30. The smallest absolute Gasteiger partial charge is 0.251 e. The van der Waals surface area contributed by atoms with Crippen molar-refractivity contribution in [2.45, 2.75) is 32.6 Å². The third-order valence-corrected chi connectivity index (χ3v) is 3.10. The molecule has 1 aromatic carbocycles. The number of nitrogens with one attached hydrogen (secondary N) is 2. The Morgan fingerprint density at radius 3 is 2.70 bits per heavy atom. The highest BCUT2D eigenvalue weighted by atomic mass is 16.7. The quantitative estimate of drug-likeness (QED) is 0.884. The van der Waals surface area contributed by atoms with Gasteiger partial charge in [-0.3, -0.25) is 4.79 Å². The molecule has 5 nitrogen and oxygen atoms in total. The van der Waals surface area contributed by atoms with Crippen molar-refractivity contribution in [1.29, 1.82) is 0 Å². The van der Waals surface area contributed by atoms with Gasteiger partial charge in [-0.05, 0) is 39.0 Å². The molecule has 1 fully saturated rings. The maximum Gasteiger partial charge on any atom is 0.251 e. The van der Waals surface area contributed by atoms with Crippen molar-refractivity contribution in [3.05, 3.63) is 29.8 Å². The molecule has 20 heavy (non-hydrogen) atoms. The van der Waals surface area contributed by atoms with E-state index in [0.717, 1.165) is 5.69 Å². The van der Waals surface area contributed by atoms with Crippen LogP contribution in [0.1, 0.15) is 31.1 Å². The Kier molecular flexibility index (Phi) is 4.62. The Labute approximate surface area is 119 Å². The van der Waals surface area contributed by atoms with E-state index in [9.17, 15) is 4.79 Å². The first-order chi connectivity index (χ1) is 9.50. The van der Waals surface area contributed by atoms with Crippen molar-refractivity contribution in [3.63, 3.8) is 0 Å². The van der Waals surface area contributed by atoms with E-state index in [1.54, 1.807) is 6.07 Å². The van der Waals surface area contributed by atoms with Crippen LogP contribution in [0.15, 0.2) is 24.3 Å². The average Bonchev–Trinajstić information content (AvgIpc) is 2.42. The van der Waals surface area contributed by atoms with Crippen molar-refractivity contribution < 1.29 is 14.3 Å². The van der Waals surface area contributed by atoms with Gasteiger partial charge in [-0.15, -0.1) is 0 Å². The lowest BCUT2D eigenvalue weighted by atomic mass is 10.1. The molecule has 1 aromatic rings. The fourth-order valence-corrected chi connectivity index (χ4v) is 2.02. The van der Waals surface area contributed by atoms with Crippen molar-refractivity contribution in [3.8, 4) is 0 Å². The summed E-state index contributed by atoms with van der Waals surface area (Å²) in [5, 5.41) is 6.11. The number of hydrogen-bond acceptors (Lipinski definition) is 4. The van der Waals surface area contributed by atoms with Crippen LogP contribution in [-0.2, 0) is 9.47 Å². The summed E-state index contributed by atoms with van der Waals surface area (Å²) in [5.74, 6) is -0.574. The van der Waals surface area contributed by atoms with Crippen LogP contribution < -0.4 is 10.6 Å². The largest absolute Gasteiger partial charge is 0.378 e. The number of carbonyl (C=O) groups excluding carboxylic acids is 1. The second kappa shape index (κ2) is 6.24. The number of hydrogen-bond donors (Lipinski definition) is 2. The molecular weight excluding hydrogens is 256 g/mol. The Morgan fingerprint density at radius 1 is 1.35 bits per heavy atom. The van der Waals surface area contributed by atoms with E-state index >= 15 is 0 Å². The molecule has 1 amide bonds. The average molecular weight is 278 g/mol. The first-order valence-corrected chi connectivity index (χ1v) is 6.93. The summed E-state index contributed by atoms with van der Waals surface area (Å²) in [4.78, 5) is 11.8. The standard InChI is InChI=1S/C15H22N2O3/c1-4-16-14(18)11-6-5-7-12(8-11)17-13-9-19-15(2,3)20-10-13/h5-8,13,17H,4,9-10H2,1-3H3,(H,16,18). The van der Waals surface area contributed by atoms with Crippen LogP contribution in [0.4, 0.5) is 5.69 Å². The zero-order valence-electron chi connectivity index (χ0n) is 12.2. The number of rotatable bonds is 4. The van der Waals surface area contributed by atoms with E-state index in [1.165, 1.54) is 0 Å². The maximum absolute atomic E-state index is 11.8. The Bertz CT molecular complexity index is 464. The highest BCUT2D eigenvalue weighted by Gasteiger charge is 2.28. The van der Waals surface area contributed by atoms with Crippen molar-refractivity contribution in [1.82, 2.24) is 5.32 Å². The highest BCUT2D eigenvalue weighted by molar-refractivity contribution is 5.95. The van der Waals surface area contributed by atoms with Gasteiger partial charge in [-0.2, -0.15) is 0 Å². The van der Waals surface area contributed by atoms with Gasteiger partial charge in [-0.25, -0.2) is 0 Å². The summed E-state index contributed by atoms with van der Waals surface area (Å²) < 4.78 is 11.2. The molecule has 0 saturated carbocycles. The molecule has 5 heteroatoms. The normalized spacial score (nSPS) is 18.6. The summed E-state index contributed by atoms with van der Waals surface area (Å²) in [5.41, 5.74) is 1.54. The van der Waals surface area contributed by atoms with E-state index in [2.05, 4.69) is 10.6 Å². The van der Waals surface area contributed by atoms with Gasteiger partial charge in [0.2, 0.25) is 0 Å². The van der Waals surface area contributed by atoms with E-state index in [0.29, 0.717) is 25.3 Å². The molecule has 0 unspecified atom stereocenters. The maximum atomic E-state index is 11.8. The van der Waals surface area contributed by atoms with Gasteiger partial charge >= 0.3 is 0 Å². The monoisotopic (exact) mass is 278 g/mol. The lowest BCUT2D eigenvalue weighted by molar-refractivity contribution is -0.247. The Hall–Kier alpha value is -1.59. The third-order valence-electron chi connectivity index (χ3n) is 3.10. The molecule has 0 radical (unpaired) electrons. The lowest BCUT2D eigenvalue weighted by Gasteiger charge is -2.35. The highest BCUT2D eigenvalue weighted by Crippen LogP contribution is 2.20. The number of anilines is 1. The molecule has 2 N–H and O–H groups in total. The summed E-state index contributed by atoms with van der Waals surface area (Å²) >= 11 is 0. The van der Waals surface area contributed by atoms with Gasteiger partial charge in [0.15, 0.2) is 5.79 Å². The zero-order valence-corrected chi connectivity index (χ0v) is 12.2. The minimum atomic E-state index is -0.513. The second-order valence-electron chi connectivity index (χ2n) is 5.30. The number of carbonyl (C=O) groups is 1. The molecule has 0 atom stereocenters. The van der Waals surface area contributed by atoms with Gasteiger partial charge in [0.25, 0.3) is 5.91 Å². The molecule has 0 aromatic heterocycles. The SMILES string of the molecule is CCNC(=O)c1cccc(NC2COC(C)(C)OC2)c1. The van der Waals surface area contributed by atoms with Crippen molar-refractivity contribution in [2.24, 2.45) is 0 Å². The molecule has 1 saturated heterocycles. The van der Waals surface area contributed by atoms with Crippen LogP contribution >= 0.6 is 0 Å². The van der Waals surface area contributed by atoms with E-state index < -0.39 is 5.79 Å². The predicted molar refractivity (Wildman–Crippen MR) is 77.8 cm³/mol. The first-order valence-electron chi connectivity index (χ1n) is 6.93. The Balaban J connectivity index is 1.96. The van der Waals surface area contributed by atoms with E-state index in [1.807, 2.05) is 39.0 Å². The fraction of sp³-hybridized carbons (Fsp3) is 0.533. The van der Waals surface area contributed by atoms with Crippen LogP contribution in [0.2, 0.25) is 0 Å². The van der Waals surface area contributed by atoms with Crippen LogP contribution in [-0.4, -0.2) is 37.5 Å². The zero-order chi connectivity index (χ0) is 14.6. The molecule has 2 rings (SSSR count). The summed E-state index contributed by atoms with van der Waals surface area (Å²) in [6, 6.07) is 7.52. The molecule has 1 heterocycles. The van der Waals surface area contributed by atoms with Gasteiger partial charge in [0, 0.05) is 17.8 Å². The molecule has 110 valence electrons. The number of benzene rings is 1. The number of amides is 1. The van der Waals surface area contributed by atoms with E-state index in [4.69, 9.17) is 9.47 Å². The van der Waals surface area contributed by atoms with Crippen LogP contribution in [0.3, 0.4) is 0 Å². The van der Waals surface area contributed by atoms with Crippen molar-refractivity contribution >= 4 is 11.6 Å². The van der Waals surface area contributed by atoms with Crippen molar-refractivity contribution in [2.75, 3.05) is 25.1 Å². The first kappa shape index (κ1) is 14.8. The molecule has 0 aliphatic carbocycles. The molecule has 1 aliphatic heterocycles. The molecular formula is C15H22N2O3. The molecule has 0 bridgehead atoms. The van der Waals surface area contributed by atoms with Gasteiger partial charge in [0.05, 0.1) is 19.3 Å². The van der Waals surface area contributed by atoms with Crippen LogP contribution in [0.25, 0.3) is 0 Å².